The maximum atomic E-state index is 13.1. The molecule has 1 aliphatic carbocycles. The molecule has 0 aromatic heterocycles. The topological polar surface area (TPSA) is 73.0 Å². The Hall–Kier alpha value is -3.35. The fraction of sp³-hybridized carbons (Fsp3) is 0.375. The first-order chi connectivity index (χ1) is 15.0. The summed E-state index contributed by atoms with van der Waals surface area (Å²) >= 11 is 0. The summed E-state index contributed by atoms with van der Waals surface area (Å²) in [6.45, 7) is 2.97. The Morgan fingerprint density at radius 2 is 1.68 bits per heavy atom. The molecule has 3 fully saturated rings. The molecule has 2 heterocycles. The number of fused-ring (bicyclic) bond motifs is 1. The van der Waals surface area contributed by atoms with E-state index in [0.29, 0.717) is 13.1 Å². The molecule has 0 spiro atoms. The summed E-state index contributed by atoms with van der Waals surface area (Å²) in [5.74, 6) is 0.0311. The number of carbonyl (C=O) groups excluding carboxylic acids is 3. The minimum atomic E-state index is -0.587. The summed E-state index contributed by atoms with van der Waals surface area (Å²) < 4.78 is 0. The zero-order chi connectivity index (χ0) is 21.5. The first kappa shape index (κ1) is 19.6. The molecular weight excluding hydrogens is 392 g/mol. The lowest BCUT2D eigenvalue weighted by atomic mass is 10.1. The third-order valence-electron chi connectivity index (χ3n) is 6.60. The summed E-state index contributed by atoms with van der Waals surface area (Å²) in [5.41, 5.74) is 2.18. The van der Waals surface area contributed by atoms with Crippen LogP contribution in [-0.2, 0) is 4.79 Å². The van der Waals surface area contributed by atoms with Crippen LogP contribution in [0.3, 0.4) is 0 Å². The van der Waals surface area contributed by atoms with Crippen LogP contribution in [0.1, 0.15) is 36.4 Å². The van der Waals surface area contributed by atoms with Crippen molar-refractivity contribution < 1.29 is 14.4 Å². The molecule has 1 saturated carbocycles. The second-order valence-electron chi connectivity index (χ2n) is 8.55. The zero-order valence-corrected chi connectivity index (χ0v) is 17.5. The van der Waals surface area contributed by atoms with Crippen molar-refractivity contribution in [2.45, 2.75) is 37.4 Å². The molecule has 2 aromatic rings. The highest BCUT2D eigenvalue weighted by molar-refractivity contribution is 6.05. The van der Waals surface area contributed by atoms with Gasteiger partial charge in [-0.3, -0.25) is 9.69 Å². The molecule has 2 aromatic carbocycles. The largest absolute Gasteiger partial charge is 0.331 e. The lowest BCUT2D eigenvalue weighted by Crippen LogP contribution is -2.56. The molecule has 160 valence electrons. The van der Waals surface area contributed by atoms with Crippen LogP contribution in [0.4, 0.5) is 9.59 Å². The third-order valence-corrected chi connectivity index (χ3v) is 6.60. The van der Waals surface area contributed by atoms with E-state index in [4.69, 9.17) is 0 Å². The van der Waals surface area contributed by atoms with Crippen molar-refractivity contribution in [1.82, 2.24) is 20.0 Å². The number of nitrogens with one attached hydrogen (secondary N) is 1. The van der Waals surface area contributed by atoms with E-state index >= 15 is 0 Å². The lowest BCUT2D eigenvalue weighted by Gasteiger charge is -2.35. The van der Waals surface area contributed by atoms with E-state index in [1.165, 1.54) is 4.90 Å². The van der Waals surface area contributed by atoms with E-state index < -0.39 is 6.04 Å². The molecule has 7 heteroatoms. The number of benzene rings is 2. The highest BCUT2D eigenvalue weighted by atomic mass is 16.2. The quantitative estimate of drug-likeness (QED) is 0.776. The van der Waals surface area contributed by atoms with Gasteiger partial charge < -0.3 is 15.1 Å². The molecule has 2 aliphatic heterocycles. The number of amides is 5. The van der Waals surface area contributed by atoms with Crippen molar-refractivity contribution in [2.24, 2.45) is 0 Å². The molecule has 4 atom stereocenters. The summed E-state index contributed by atoms with van der Waals surface area (Å²) in [4.78, 5) is 43.6. The minimum Gasteiger partial charge on any atom is -0.331 e. The van der Waals surface area contributed by atoms with Crippen molar-refractivity contribution in [1.29, 1.82) is 0 Å². The molecule has 3 aliphatic rings. The predicted octanol–water partition coefficient (Wildman–Crippen LogP) is 2.96. The van der Waals surface area contributed by atoms with Crippen LogP contribution in [0.15, 0.2) is 60.7 Å². The Morgan fingerprint density at radius 3 is 2.39 bits per heavy atom. The smallest absolute Gasteiger partial charge is 0.327 e. The van der Waals surface area contributed by atoms with Crippen LogP contribution in [0.5, 0.6) is 0 Å². The summed E-state index contributed by atoms with van der Waals surface area (Å²) in [6, 6.07) is 18.6. The van der Waals surface area contributed by atoms with Gasteiger partial charge in [0.2, 0.25) is 0 Å². The first-order valence-corrected chi connectivity index (χ1v) is 10.8. The number of carbonyl (C=O) groups is 3. The molecule has 0 bridgehead atoms. The fourth-order valence-corrected chi connectivity index (χ4v) is 4.73. The van der Waals surface area contributed by atoms with E-state index in [-0.39, 0.29) is 42.5 Å². The molecule has 7 nitrogen and oxygen atoms in total. The predicted molar refractivity (Wildman–Crippen MR) is 115 cm³/mol. The maximum absolute atomic E-state index is 13.1. The standard InChI is InChI=1S/C24H26N4O3/c1-16(17-8-4-2-5-9-17)25-23(30)26-12-13-27-21(15-26)22(29)28(24(27)31)20-14-19(20)18-10-6-3-7-11-18/h2-11,16,19-21H,12-15H2,1H3,(H,25,30)/t16-,19+,20-,21?/m1/s1. The number of hydrogen-bond donors (Lipinski definition) is 1. The highest BCUT2D eigenvalue weighted by Gasteiger charge is 2.56. The molecule has 0 radical (unpaired) electrons. The van der Waals surface area contributed by atoms with Crippen molar-refractivity contribution in [3.05, 3.63) is 71.8 Å². The number of urea groups is 2. The number of hydrogen-bond acceptors (Lipinski definition) is 3. The number of nitrogens with zero attached hydrogens (tertiary/aromatic N) is 3. The molecule has 5 amide bonds. The Balaban J connectivity index is 1.24. The molecule has 1 unspecified atom stereocenters. The van der Waals surface area contributed by atoms with Gasteiger partial charge in [-0.25, -0.2) is 9.59 Å². The summed E-state index contributed by atoms with van der Waals surface area (Å²) in [5, 5.41) is 3.01. The van der Waals surface area contributed by atoms with Crippen molar-refractivity contribution in [3.8, 4) is 0 Å². The van der Waals surface area contributed by atoms with Gasteiger partial charge in [0.05, 0.1) is 12.6 Å². The van der Waals surface area contributed by atoms with Gasteiger partial charge in [-0.1, -0.05) is 60.7 Å². The summed E-state index contributed by atoms with van der Waals surface area (Å²) in [6.07, 6.45) is 0.806. The van der Waals surface area contributed by atoms with Crippen LogP contribution in [0, 0.1) is 0 Å². The average Bonchev–Trinajstić information content (AvgIpc) is 3.55. The van der Waals surface area contributed by atoms with Gasteiger partial charge in [0.25, 0.3) is 5.91 Å². The maximum Gasteiger partial charge on any atom is 0.327 e. The van der Waals surface area contributed by atoms with E-state index in [0.717, 1.165) is 17.5 Å². The van der Waals surface area contributed by atoms with Gasteiger partial charge in [-0.2, -0.15) is 0 Å². The van der Waals surface area contributed by atoms with Crippen LogP contribution < -0.4 is 5.32 Å². The molecule has 5 rings (SSSR count). The lowest BCUT2D eigenvalue weighted by molar-refractivity contribution is -0.129. The SMILES string of the molecule is C[C@@H](NC(=O)N1CCN2C(=O)N([C@@H]3C[C@H]3c3ccccc3)C(=O)C2C1)c1ccccc1. The van der Waals surface area contributed by atoms with Crippen LogP contribution in [0.25, 0.3) is 0 Å². The van der Waals surface area contributed by atoms with Crippen molar-refractivity contribution >= 4 is 18.0 Å². The fourth-order valence-electron chi connectivity index (χ4n) is 4.73. The van der Waals surface area contributed by atoms with Crippen LogP contribution in [-0.4, -0.2) is 64.4 Å². The Kier molecular flexibility index (Phi) is 4.88. The minimum absolute atomic E-state index is 0.0756. The normalized spacial score (nSPS) is 26.0. The van der Waals surface area contributed by atoms with E-state index in [1.807, 2.05) is 67.6 Å². The third kappa shape index (κ3) is 3.54. The second-order valence-corrected chi connectivity index (χ2v) is 8.55. The van der Waals surface area contributed by atoms with Crippen LogP contribution in [0.2, 0.25) is 0 Å². The van der Waals surface area contributed by atoms with Crippen molar-refractivity contribution in [3.63, 3.8) is 0 Å². The first-order valence-electron chi connectivity index (χ1n) is 10.8. The number of imide groups is 1. The van der Waals surface area contributed by atoms with Crippen molar-refractivity contribution in [2.75, 3.05) is 19.6 Å². The van der Waals surface area contributed by atoms with Gasteiger partial charge in [0.1, 0.15) is 6.04 Å². The molecule has 1 N–H and O–H groups in total. The number of piperazine rings is 1. The van der Waals surface area contributed by atoms with Gasteiger partial charge in [-0.05, 0) is 24.5 Å². The van der Waals surface area contributed by atoms with Gasteiger partial charge in [-0.15, -0.1) is 0 Å². The zero-order valence-electron chi connectivity index (χ0n) is 17.5. The molecule has 2 saturated heterocycles. The molecular formula is C24H26N4O3. The monoisotopic (exact) mass is 418 g/mol. The van der Waals surface area contributed by atoms with Crippen LogP contribution >= 0.6 is 0 Å². The van der Waals surface area contributed by atoms with Gasteiger partial charge in [0, 0.05) is 25.0 Å². The Morgan fingerprint density at radius 1 is 1.00 bits per heavy atom. The van der Waals surface area contributed by atoms with E-state index in [9.17, 15) is 14.4 Å². The highest BCUT2D eigenvalue weighted by Crippen LogP contribution is 2.46. The van der Waals surface area contributed by atoms with E-state index in [2.05, 4.69) is 5.32 Å². The second kappa shape index (κ2) is 7.72. The van der Waals surface area contributed by atoms with Gasteiger partial charge >= 0.3 is 12.1 Å². The average molecular weight is 418 g/mol. The Labute approximate surface area is 181 Å². The van der Waals surface area contributed by atoms with E-state index in [1.54, 1.807) is 9.80 Å². The summed E-state index contributed by atoms with van der Waals surface area (Å²) in [7, 11) is 0. The number of rotatable bonds is 4. The molecule has 31 heavy (non-hydrogen) atoms. The van der Waals surface area contributed by atoms with Gasteiger partial charge in [0.15, 0.2) is 0 Å². The Bertz CT molecular complexity index is 996.